The SMILES string of the molecule is CCCOC(=O)C(C)NC1CCCCO1.O. The predicted molar refractivity (Wildman–Crippen MR) is 61.1 cm³/mol. The van der Waals surface area contributed by atoms with Gasteiger partial charge < -0.3 is 14.9 Å². The van der Waals surface area contributed by atoms with Crippen molar-refractivity contribution in [3.05, 3.63) is 0 Å². The van der Waals surface area contributed by atoms with Crippen LogP contribution in [0.2, 0.25) is 0 Å². The molecule has 0 bridgehead atoms. The standard InChI is InChI=1S/C11H21NO3.H2O/c1-3-7-15-11(13)9(2)12-10-6-4-5-8-14-10;/h9-10,12H,3-8H2,1-2H3;1H2. The average molecular weight is 233 g/mol. The Balaban J connectivity index is 0.00000225. The van der Waals surface area contributed by atoms with E-state index in [0.29, 0.717) is 6.61 Å². The smallest absolute Gasteiger partial charge is 0.322 e. The van der Waals surface area contributed by atoms with Gasteiger partial charge in [-0.25, -0.2) is 0 Å². The van der Waals surface area contributed by atoms with E-state index in [2.05, 4.69) is 5.32 Å². The number of ether oxygens (including phenoxy) is 2. The predicted octanol–water partition coefficient (Wildman–Crippen LogP) is 0.620. The molecule has 5 heteroatoms. The first-order chi connectivity index (χ1) is 7.24. The van der Waals surface area contributed by atoms with E-state index in [-0.39, 0.29) is 23.7 Å². The highest BCUT2D eigenvalue weighted by atomic mass is 16.5. The number of hydrogen-bond donors (Lipinski definition) is 1. The Bertz CT molecular complexity index is 192. The molecule has 1 aliphatic rings. The minimum absolute atomic E-state index is 0. The Morgan fingerprint density at radius 1 is 1.56 bits per heavy atom. The number of carbonyl (C=O) groups excluding carboxylic acids is 1. The van der Waals surface area contributed by atoms with E-state index in [9.17, 15) is 4.79 Å². The van der Waals surface area contributed by atoms with Crippen molar-refractivity contribution in [3.63, 3.8) is 0 Å². The molecule has 2 atom stereocenters. The largest absolute Gasteiger partial charge is 0.465 e. The highest BCUT2D eigenvalue weighted by Gasteiger charge is 2.20. The second-order valence-electron chi connectivity index (χ2n) is 3.91. The van der Waals surface area contributed by atoms with E-state index >= 15 is 0 Å². The summed E-state index contributed by atoms with van der Waals surface area (Å²) in [4.78, 5) is 11.4. The molecule has 1 heterocycles. The third-order valence-electron chi connectivity index (χ3n) is 2.42. The molecule has 0 spiro atoms. The molecule has 1 aliphatic heterocycles. The van der Waals surface area contributed by atoms with Gasteiger partial charge in [-0.05, 0) is 32.6 Å². The molecular formula is C11H23NO4. The van der Waals surface area contributed by atoms with Gasteiger partial charge in [0.15, 0.2) is 0 Å². The normalized spacial score (nSPS) is 22.0. The van der Waals surface area contributed by atoms with E-state index < -0.39 is 0 Å². The van der Waals surface area contributed by atoms with Crippen molar-refractivity contribution in [3.8, 4) is 0 Å². The quantitative estimate of drug-likeness (QED) is 0.706. The summed E-state index contributed by atoms with van der Waals surface area (Å²) in [6.45, 7) is 5.08. The monoisotopic (exact) mass is 233 g/mol. The molecule has 1 fully saturated rings. The Morgan fingerprint density at radius 2 is 2.31 bits per heavy atom. The lowest BCUT2D eigenvalue weighted by Crippen LogP contribution is -2.44. The molecule has 3 N–H and O–H groups in total. The van der Waals surface area contributed by atoms with Gasteiger partial charge in [0.2, 0.25) is 0 Å². The van der Waals surface area contributed by atoms with Crippen molar-refractivity contribution >= 4 is 5.97 Å². The third-order valence-corrected chi connectivity index (χ3v) is 2.42. The van der Waals surface area contributed by atoms with Gasteiger partial charge in [-0.2, -0.15) is 0 Å². The van der Waals surface area contributed by atoms with Crippen LogP contribution in [0.25, 0.3) is 0 Å². The molecule has 0 saturated carbocycles. The van der Waals surface area contributed by atoms with Crippen LogP contribution in [-0.4, -0.2) is 36.9 Å². The minimum Gasteiger partial charge on any atom is -0.465 e. The lowest BCUT2D eigenvalue weighted by molar-refractivity contribution is -0.147. The number of rotatable bonds is 5. The first-order valence-corrected chi connectivity index (χ1v) is 5.78. The molecule has 0 amide bonds. The van der Waals surface area contributed by atoms with Gasteiger partial charge in [0.1, 0.15) is 12.3 Å². The van der Waals surface area contributed by atoms with Crippen molar-refractivity contribution < 1.29 is 19.7 Å². The molecule has 0 radical (unpaired) electrons. The van der Waals surface area contributed by atoms with Crippen LogP contribution in [0.1, 0.15) is 39.5 Å². The number of esters is 1. The van der Waals surface area contributed by atoms with E-state index in [0.717, 1.165) is 32.3 Å². The molecule has 0 aliphatic carbocycles. The Morgan fingerprint density at radius 3 is 2.88 bits per heavy atom. The topological polar surface area (TPSA) is 79.1 Å². The maximum atomic E-state index is 11.4. The molecule has 16 heavy (non-hydrogen) atoms. The number of carbonyl (C=O) groups is 1. The van der Waals surface area contributed by atoms with Crippen LogP contribution >= 0.6 is 0 Å². The van der Waals surface area contributed by atoms with Gasteiger partial charge >= 0.3 is 5.97 Å². The summed E-state index contributed by atoms with van der Waals surface area (Å²) >= 11 is 0. The summed E-state index contributed by atoms with van der Waals surface area (Å²) in [6, 6.07) is -0.278. The molecular weight excluding hydrogens is 210 g/mol. The van der Waals surface area contributed by atoms with Gasteiger partial charge in [0.05, 0.1) is 6.61 Å². The molecule has 0 aromatic carbocycles. The van der Waals surface area contributed by atoms with Crippen molar-refractivity contribution in [2.75, 3.05) is 13.2 Å². The highest BCUT2D eigenvalue weighted by Crippen LogP contribution is 2.11. The molecule has 1 rings (SSSR count). The van der Waals surface area contributed by atoms with Crippen molar-refractivity contribution in [2.24, 2.45) is 0 Å². The van der Waals surface area contributed by atoms with Gasteiger partial charge in [-0.15, -0.1) is 0 Å². The van der Waals surface area contributed by atoms with Crippen LogP contribution in [-0.2, 0) is 14.3 Å². The van der Waals surface area contributed by atoms with Crippen LogP contribution in [0.15, 0.2) is 0 Å². The molecule has 96 valence electrons. The lowest BCUT2D eigenvalue weighted by atomic mass is 10.2. The van der Waals surface area contributed by atoms with Crippen LogP contribution < -0.4 is 5.32 Å². The van der Waals surface area contributed by atoms with Crippen molar-refractivity contribution in [1.29, 1.82) is 0 Å². The number of hydrogen-bond acceptors (Lipinski definition) is 4. The fourth-order valence-corrected chi connectivity index (χ4v) is 1.55. The van der Waals surface area contributed by atoms with E-state index in [4.69, 9.17) is 9.47 Å². The molecule has 5 nitrogen and oxygen atoms in total. The fraction of sp³-hybridized carbons (Fsp3) is 0.909. The highest BCUT2D eigenvalue weighted by molar-refractivity contribution is 5.75. The first kappa shape index (κ1) is 15.3. The first-order valence-electron chi connectivity index (χ1n) is 5.78. The van der Waals surface area contributed by atoms with Crippen LogP contribution in [0.3, 0.4) is 0 Å². The second-order valence-corrected chi connectivity index (χ2v) is 3.91. The molecule has 0 aromatic heterocycles. The Hall–Kier alpha value is -0.650. The third kappa shape index (κ3) is 5.44. The fourth-order valence-electron chi connectivity index (χ4n) is 1.55. The average Bonchev–Trinajstić information content (AvgIpc) is 2.27. The molecule has 2 unspecified atom stereocenters. The summed E-state index contributed by atoms with van der Waals surface area (Å²) in [5.41, 5.74) is 0. The summed E-state index contributed by atoms with van der Waals surface area (Å²) in [6.07, 6.45) is 4.13. The molecule has 1 saturated heterocycles. The summed E-state index contributed by atoms with van der Waals surface area (Å²) in [5, 5.41) is 3.13. The summed E-state index contributed by atoms with van der Waals surface area (Å²) in [7, 11) is 0. The van der Waals surface area contributed by atoms with E-state index in [1.807, 2.05) is 13.8 Å². The summed E-state index contributed by atoms with van der Waals surface area (Å²) in [5.74, 6) is -0.189. The zero-order chi connectivity index (χ0) is 11.1. The Kier molecular flexibility index (Phi) is 8.15. The maximum Gasteiger partial charge on any atom is 0.322 e. The van der Waals surface area contributed by atoms with Crippen molar-refractivity contribution in [1.82, 2.24) is 5.32 Å². The van der Waals surface area contributed by atoms with Gasteiger partial charge in [0.25, 0.3) is 0 Å². The minimum atomic E-state index is -0.278. The van der Waals surface area contributed by atoms with Gasteiger partial charge in [-0.1, -0.05) is 6.92 Å². The van der Waals surface area contributed by atoms with Crippen LogP contribution in [0.4, 0.5) is 0 Å². The van der Waals surface area contributed by atoms with E-state index in [1.54, 1.807) is 0 Å². The Labute approximate surface area is 96.8 Å². The van der Waals surface area contributed by atoms with Gasteiger partial charge in [-0.3, -0.25) is 10.1 Å². The zero-order valence-corrected chi connectivity index (χ0v) is 10.1. The number of nitrogens with one attached hydrogen (secondary N) is 1. The van der Waals surface area contributed by atoms with E-state index in [1.165, 1.54) is 0 Å². The summed E-state index contributed by atoms with van der Waals surface area (Å²) < 4.78 is 10.5. The molecule has 0 aromatic rings. The lowest BCUT2D eigenvalue weighted by Gasteiger charge is -2.26. The second kappa shape index (κ2) is 8.50. The van der Waals surface area contributed by atoms with Gasteiger partial charge in [0, 0.05) is 6.61 Å². The van der Waals surface area contributed by atoms with Crippen LogP contribution in [0.5, 0.6) is 0 Å². The zero-order valence-electron chi connectivity index (χ0n) is 10.1. The van der Waals surface area contributed by atoms with Crippen molar-refractivity contribution in [2.45, 2.75) is 51.8 Å². The van der Waals surface area contributed by atoms with Crippen LogP contribution in [0, 0.1) is 0 Å². The maximum absolute atomic E-state index is 11.4.